The van der Waals surface area contributed by atoms with Crippen LogP contribution in [0.3, 0.4) is 0 Å². The summed E-state index contributed by atoms with van der Waals surface area (Å²) in [6.07, 6.45) is 8.19. The van der Waals surface area contributed by atoms with E-state index >= 15 is 0 Å². The van der Waals surface area contributed by atoms with Crippen LogP contribution < -0.4 is 19.5 Å². The molecule has 34 heavy (non-hydrogen) atoms. The molecule has 1 saturated carbocycles. The first kappa shape index (κ1) is 23.4. The fourth-order valence-electron chi connectivity index (χ4n) is 3.93. The maximum Gasteiger partial charge on any atom is 0.251 e. The number of benzene rings is 2. The van der Waals surface area contributed by atoms with E-state index in [1.54, 1.807) is 50.5 Å². The molecule has 0 saturated heterocycles. The van der Waals surface area contributed by atoms with Crippen LogP contribution >= 0.6 is 0 Å². The van der Waals surface area contributed by atoms with E-state index in [1.165, 1.54) is 0 Å². The van der Waals surface area contributed by atoms with Crippen LogP contribution in [0.5, 0.6) is 17.2 Å². The zero-order valence-corrected chi connectivity index (χ0v) is 19.8. The summed E-state index contributed by atoms with van der Waals surface area (Å²) in [7, 11) is 4.84. The van der Waals surface area contributed by atoms with E-state index in [-0.39, 0.29) is 11.8 Å². The predicted octanol–water partition coefficient (Wildman–Crippen LogP) is 3.93. The van der Waals surface area contributed by atoms with E-state index in [0.29, 0.717) is 48.4 Å². The van der Waals surface area contributed by atoms with Crippen molar-refractivity contribution in [2.75, 3.05) is 34.4 Å². The molecule has 2 aromatic carbocycles. The first-order valence-corrected chi connectivity index (χ1v) is 11.4. The average Bonchev–Trinajstić information content (AvgIpc) is 3.70. The summed E-state index contributed by atoms with van der Waals surface area (Å²) < 4.78 is 16.5. The van der Waals surface area contributed by atoms with Crippen LogP contribution in [0.1, 0.15) is 40.7 Å². The van der Waals surface area contributed by atoms with Gasteiger partial charge in [-0.05, 0) is 48.6 Å². The molecule has 1 fully saturated rings. The lowest BCUT2D eigenvalue weighted by Crippen LogP contribution is -2.33. The van der Waals surface area contributed by atoms with E-state index in [2.05, 4.69) is 5.32 Å². The molecule has 2 amide bonds. The number of nitrogens with one attached hydrogen (secondary N) is 1. The Morgan fingerprint density at radius 2 is 1.68 bits per heavy atom. The molecule has 1 N–H and O–H groups in total. The van der Waals surface area contributed by atoms with Crippen molar-refractivity contribution in [1.29, 1.82) is 0 Å². The number of rotatable bonds is 8. The summed E-state index contributed by atoms with van der Waals surface area (Å²) in [5, 5.41) is 2.97. The quantitative estimate of drug-likeness (QED) is 0.602. The van der Waals surface area contributed by atoms with Crippen molar-refractivity contribution in [3.8, 4) is 17.2 Å². The van der Waals surface area contributed by atoms with Gasteiger partial charge in [0.05, 0.1) is 26.9 Å². The van der Waals surface area contributed by atoms with Gasteiger partial charge in [-0.2, -0.15) is 0 Å². The van der Waals surface area contributed by atoms with Gasteiger partial charge in [0.25, 0.3) is 5.91 Å². The van der Waals surface area contributed by atoms with Crippen LogP contribution in [0.15, 0.2) is 48.6 Å². The average molecular weight is 463 g/mol. The summed E-state index contributed by atoms with van der Waals surface area (Å²) in [5.74, 6) is 1.91. The van der Waals surface area contributed by atoms with Gasteiger partial charge in [0.2, 0.25) is 5.91 Å². The maximum absolute atomic E-state index is 12.7. The molecule has 1 aliphatic carbocycles. The number of carbonyl (C=O) groups excluding carboxylic acids is 2. The highest BCUT2D eigenvalue weighted by atomic mass is 16.5. The smallest absolute Gasteiger partial charge is 0.251 e. The lowest BCUT2D eigenvalue weighted by Gasteiger charge is -2.27. The molecule has 0 unspecified atom stereocenters. The molecule has 1 aliphatic heterocycles. The minimum atomic E-state index is -0.0560. The predicted molar refractivity (Wildman–Crippen MR) is 131 cm³/mol. The van der Waals surface area contributed by atoms with Gasteiger partial charge in [-0.1, -0.05) is 18.2 Å². The highest BCUT2D eigenvalue weighted by Gasteiger charge is 2.24. The second kappa shape index (κ2) is 10.5. The monoisotopic (exact) mass is 462 g/mol. The number of hydrogen-bond donors (Lipinski definition) is 1. The van der Waals surface area contributed by atoms with E-state index in [9.17, 15) is 9.59 Å². The van der Waals surface area contributed by atoms with Gasteiger partial charge >= 0.3 is 0 Å². The van der Waals surface area contributed by atoms with Crippen LogP contribution in [0.25, 0.3) is 11.6 Å². The third kappa shape index (κ3) is 5.42. The summed E-state index contributed by atoms with van der Waals surface area (Å²) in [6, 6.07) is 11.3. The van der Waals surface area contributed by atoms with Crippen molar-refractivity contribution in [3.63, 3.8) is 0 Å². The number of nitrogens with zero attached hydrogens (tertiary/aromatic N) is 1. The molecule has 4 rings (SSSR count). The summed E-state index contributed by atoms with van der Waals surface area (Å²) in [4.78, 5) is 26.6. The van der Waals surface area contributed by atoms with Crippen LogP contribution in [0, 0.1) is 0 Å². The van der Waals surface area contributed by atoms with Gasteiger partial charge in [0, 0.05) is 42.9 Å². The normalized spacial score (nSPS) is 15.6. The highest BCUT2D eigenvalue weighted by Crippen LogP contribution is 2.40. The molecule has 178 valence electrons. The van der Waals surface area contributed by atoms with Crippen molar-refractivity contribution in [3.05, 3.63) is 65.2 Å². The van der Waals surface area contributed by atoms with Crippen molar-refractivity contribution in [2.24, 2.45) is 0 Å². The molecule has 0 atom stereocenters. The SMILES string of the molecule is COc1cc(OC)c(C2=CCN(C(=O)/C=C/c3ccc(C(=O)NC4CC4)cc3)CC2)c(OC)c1. The largest absolute Gasteiger partial charge is 0.496 e. The number of carbonyl (C=O) groups is 2. The molecule has 0 aromatic heterocycles. The van der Waals surface area contributed by atoms with Crippen LogP contribution in [0.4, 0.5) is 0 Å². The minimum absolute atomic E-state index is 0.0462. The Morgan fingerprint density at radius 1 is 1.00 bits per heavy atom. The first-order valence-electron chi connectivity index (χ1n) is 11.4. The number of hydrogen-bond acceptors (Lipinski definition) is 5. The van der Waals surface area contributed by atoms with Crippen LogP contribution in [-0.2, 0) is 4.79 Å². The number of amides is 2. The van der Waals surface area contributed by atoms with E-state index < -0.39 is 0 Å². The molecule has 7 nitrogen and oxygen atoms in total. The van der Waals surface area contributed by atoms with Crippen molar-refractivity contribution in [2.45, 2.75) is 25.3 Å². The molecule has 2 aromatic rings. The fourth-order valence-corrected chi connectivity index (χ4v) is 3.93. The molecular weight excluding hydrogens is 432 g/mol. The third-order valence-corrected chi connectivity index (χ3v) is 6.06. The molecule has 0 radical (unpaired) electrons. The van der Waals surface area contributed by atoms with Gasteiger partial charge in [0.1, 0.15) is 17.2 Å². The summed E-state index contributed by atoms with van der Waals surface area (Å²) in [5.41, 5.74) is 3.47. The molecule has 0 bridgehead atoms. The fraction of sp³-hybridized carbons (Fsp3) is 0.333. The Hall–Kier alpha value is -3.74. The molecule has 2 aliphatic rings. The Balaban J connectivity index is 1.40. The van der Waals surface area contributed by atoms with E-state index in [0.717, 1.165) is 29.5 Å². The lowest BCUT2D eigenvalue weighted by molar-refractivity contribution is -0.125. The van der Waals surface area contributed by atoms with Crippen LogP contribution in [0.2, 0.25) is 0 Å². The second-order valence-electron chi connectivity index (χ2n) is 8.37. The van der Waals surface area contributed by atoms with Crippen molar-refractivity contribution < 1.29 is 23.8 Å². The van der Waals surface area contributed by atoms with Gasteiger partial charge in [-0.25, -0.2) is 0 Å². The molecular formula is C27H30N2O5. The van der Waals surface area contributed by atoms with Gasteiger partial charge < -0.3 is 24.4 Å². The second-order valence-corrected chi connectivity index (χ2v) is 8.37. The highest BCUT2D eigenvalue weighted by molar-refractivity contribution is 5.95. The summed E-state index contributed by atoms with van der Waals surface area (Å²) in [6.45, 7) is 1.09. The number of ether oxygens (including phenoxy) is 3. The minimum Gasteiger partial charge on any atom is -0.496 e. The zero-order chi connectivity index (χ0) is 24.1. The Morgan fingerprint density at radius 3 is 2.21 bits per heavy atom. The Labute approximate surface area is 200 Å². The summed E-state index contributed by atoms with van der Waals surface area (Å²) >= 11 is 0. The lowest BCUT2D eigenvalue weighted by atomic mass is 9.97. The topological polar surface area (TPSA) is 77.1 Å². The molecule has 0 spiro atoms. The molecule has 1 heterocycles. The van der Waals surface area contributed by atoms with Crippen molar-refractivity contribution >= 4 is 23.5 Å². The molecule has 7 heteroatoms. The standard InChI is InChI=1S/C27H30N2O5/c1-32-22-16-23(33-2)26(24(17-22)34-3)19-12-14-29(15-13-19)25(30)11-6-18-4-7-20(8-5-18)27(31)28-21-9-10-21/h4-8,11-12,16-17,21H,9-10,13-15H2,1-3H3,(H,28,31)/b11-6+. The van der Waals surface area contributed by atoms with Gasteiger partial charge in [-0.3, -0.25) is 9.59 Å². The zero-order valence-electron chi connectivity index (χ0n) is 19.8. The van der Waals surface area contributed by atoms with Gasteiger partial charge in [0.15, 0.2) is 0 Å². The first-order chi connectivity index (χ1) is 16.5. The van der Waals surface area contributed by atoms with Gasteiger partial charge in [-0.15, -0.1) is 0 Å². The van der Waals surface area contributed by atoms with E-state index in [1.807, 2.05) is 30.3 Å². The Kier molecular flexibility index (Phi) is 7.21. The Bertz CT molecular complexity index is 1090. The maximum atomic E-state index is 12.7. The number of methoxy groups -OCH3 is 3. The van der Waals surface area contributed by atoms with E-state index in [4.69, 9.17) is 14.2 Å². The van der Waals surface area contributed by atoms with Crippen LogP contribution in [-0.4, -0.2) is 57.2 Å². The van der Waals surface area contributed by atoms with Crippen molar-refractivity contribution in [1.82, 2.24) is 10.2 Å². The third-order valence-electron chi connectivity index (χ3n) is 6.06.